The summed E-state index contributed by atoms with van der Waals surface area (Å²) in [7, 11) is 2.17. The van der Waals surface area contributed by atoms with Crippen molar-refractivity contribution >= 4 is 13.4 Å². The van der Waals surface area contributed by atoms with E-state index in [0.717, 1.165) is 12.7 Å². The largest absolute Gasteiger partial charge is 0.349 e. The van der Waals surface area contributed by atoms with Crippen molar-refractivity contribution in [3.63, 3.8) is 0 Å². The summed E-state index contributed by atoms with van der Waals surface area (Å²) in [6.45, 7) is 2.09. The molecule has 0 bridgehead atoms. The van der Waals surface area contributed by atoms with Gasteiger partial charge in [0.1, 0.15) is 7.85 Å². The van der Waals surface area contributed by atoms with Gasteiger partial charge in [0.25, 0.3) is 0 Å². The highest BCUT2D eigenvalue weighted by Gasteiger charge is 2.02. The van der Waals surface area contributed by atoms with E-state index in [1.807, 2.05) is 6.20 Å². The number of H-pyrrole nitrogens is 1. The number of aryl methyl sites for hydroxylation is 1. The molecular formula is C20H23BN2. The van der Waals surface area contributed by atoms with Crippen molar-refractivity contribution in [1.29, 1.82) is 0 Å². The topological polar surface area (TPSA) is 28.7 Å². The number of nitrogens with zero attached hydrogens (tertiary/aromatic N) is 1. The minimum absolute atomic E-state index is 1.04. The van der Waals surface area contributed by atoms with Gasteiger partial charge in [-0.15, -0.1) is 0 Å². The normalized spacial score (nSPS) is 9.61. The summed E-state index contributed by atoms with van der Waals surface area (Å²) in [5, 5.41) is 0. The smallest absolute Gasteiger partial charge is 0.106 e. The van der Waals surface area contributed by atoms with Crippen LogP contribution in [0.3, 0.4) is 0 Å². The monoisotopic (exact) mass is 302 g/mol. The molecular weight excluding hydrogens is 279 g/mol. The van der Waals surface area contributed by atoms with E-state index in [1.54, 1.807) is 6.33 Å². The predicted molar refractivity (Wildman–Crippen MR) is 101 cm³/mol. The van der Waals surface area contributed by atoms with Crippen LogP contribution in [0.2, 0.25) is 6.32 Å². The Hall–Kier alpha value is -2.55. The molecule has 1 heterocycles. The molecule has 0 aliphatic heterocycles. The molecule has 2 aromatic carbocycles. The summed E-state index contributed by atoms with van der Waals surface area (Å²) in [4.78, 5) is 6.81. The van der Waals surface area contributed by atoms with Crippen LogP contribution in [0.4, 0.5) is 0 Å². The SMILES string of the molecule is BCC=C(c1ccccc1)c1ccccc1.CCc1cnc[nH]1. The van der Waals surface area contributed by atoms with Gasteiger partial charge < -0.3 is 4.98 Å². The van der Waals surface area contributed by atoms with Crippen LogP contribution in [0.15, 0.2) is 79.3 Å². The lowest BCUT2D eigenvalue weighted by Gasteiger charge is -2.07. The number of aromatic amines is 1. The minimum Gasteiger partial charge on any atom is -0.349 e. The van der Waals surface area contributed by atoms with E-state index in [2.05, 4.69) is 91.5 Å². The van der Waals surface area contributed by atoms with E-state index in [4.69, 9.17) is 0 Å². The van der Waals surface area contributed by atoms with Crippen molar-refractivity contribution in [2.75, 3.05) is 0 Å². The zero-order chi connectivity index (χ0) is 16.3. The first-order valence-corrected chi connectivity index (χ1v) is 8.13. The third-order valence-electron chi connectivity index (χ3n) is 3.51. The highest BCUT2D eigenvalue weighted by molar-refractivity contribution is 6.10. The minimum atomic E-state index is 1.04. The lowest BCUT2D eigenvalue weighted by Crippen LogP contribution is -1.87. The van der Waals surface area contributed by atoms with E-state index in [0.29, 0.717) is 0 Å². The van der Waals surface area contributed by atoms with Gasteiger partial charge in [-0.2, -0.15) is 0 Å². The second kappa shape index (κ2) is 9.47. The quantitative estimate of drug-likeness (QED) is 0.721. The Morgan fingerprint density at radius 1 is 1.00 bits per heavy atom. The van der Waals surface area contributed by atoms with Gasteiger partial charge in [0, 0.05) is 11.9 Å². The van der Waals surface area contributed by atoms with Gasteiger partial charge in [-0.1, -0.05) is 80.0 Å². The van der Waals surface area contributed by atoms with Crippen LogP contribution in [0.5, 0.6) is 0 Å². The molecule has 0 fully saturated rings. The Kier molecular flexibility index (Phi) is 6.92. The van der Waals surface area contributed by atoms with E-state index in [-0.39, 0.29) is 0 Å². The Bertz CT molecular complexity index is 648. The molecule has 3 heteroatoms. The number of rotatable bonds is 4. The van der Waals surface area contributed by atoms with Gasteiger partial charge in [0.15, 0.2) is 0 Å². The van der Waals surface area contributed by atoms with Gasteiger partial charge in [-0.25, -0.2) is 4.98 Å². The number of hydrogen-bond donors (Lipinski definition) is 1. The molecule has 2 nitrogen and oxygen atoms in total. The average molecular weight is 302 g/mol. The number of imidazole rings is 1. The molecule has 0 spiro atoms. The van der Waals surface area contributed by atoms with Gasteiger partial charge in [0.2, 0.25) is 0 Å². The zero-order valence-electron chi connectivity index (χ0n) is 13.9. The zero-order valence-corrected chi connectivity index (χ0v) is 13.9. The second-order valence-electron chi connectivity index (χ2n) is 5.19. The molecule has 1 N–H and O–H groups in total. The number of benzene rings is 2. The molecule has 23 heavy (non-hydrogen) atoms. The molecule has 0 atom stereocenters. The number of nitrogens with one attached hydrogen (secondary N) is 1. The van der Waals surface area contributed by atoms with Crippen molar-refractivity contribution in [2.24, 2.45) is 0 Å². The lowest BCUT2D eigenvalue weighted by atomic mass is 9.93. The van der Waals surface area contributed by atoms with Gasteiger partial charge in [-0.05, 0) is 23.1 Å². The lowest BCUT2D eigenvalue weighted by molar-refractivity contribution is 1.06. The average Bonchev–Trinajstić information content (AvgIpc) is 3.15. The fourth-order valence-electron chi connectivity index (χ4n) is 2.32. The van der Waals surface area contributed by atoms with Gasteiger partial charge in [-0.3, -0.25) is 0 Å². The fraction of sp³-hybridized carbons (Fsp3) is 0.150. The van der Waals surface area contributed by atoms with Crippen molar-refractivity contribution in [2.45, 2.75) is 19.7 Å². The maximum atomic E-state index is 3.84. The summed E-state index contributed by atoms with van der Waals surface area (Å²) < 4.78 is 0. The molecule has 3 rings (SSSR count). The molecule has 116 valence electrons. The van der Waals surface area contributed by atoms with Gasteiger partial charge >= 0.3 is 0 Å². The number of aromatic nitrogens is 2. The highest BCUT2D eigenvalue weighted by atomic mass is 14.8. The Balaban J connectivity index is 0.000000229. The first-order valence-electron chi connectivity index (χ1n) is 8.13. The number of hydrogen-bond acceptors (Lipinski definition) is 1. The summed E-state index contributed by atoms with van der Waals surface area (Å²) in [6.07, 6.45) is 7.91. The first-order chi connectivity index (χ1) is 11.3. The Labute approximate surface area is 139 Å². The van der Waals surface area contributed by atoms with E-state index in [9.17, 15) is 0 Å². The Morgan fingerprint density at radius 3 is 1.91 bits per heavy atom. The predicted octanol–water partition coefficient (Wildman–Crippen LogP) is 4.14. The maximum Gasteiger partial charge on any atom is 0.106 e. The Morgan fingerprint density at radius 2 is 1.57 bits per heavy atom. The van der Waals surface area contributed by atoms with Crippen LogP contribution in [0.1, 0.15) is 23.7 Å². The van der Waals surface area contributed by atoms with E-state index in [1.165, 1.54) is 22.4 Å². The molecule has 3 aromatic rings. The second-order valence-corrected chi connectivity index (χ2v) is 5.19. The van der Waals surface area contributed by atoms with Crippen LogP contribution in [0, 0.1) is 0 Å². The van der Waals surface area contributed by atoms with Crippen molar-refractivity contribution < 1.29 is 0 Å². The van der Waals surface area contributed by atoms with Crippen molar-refractivity contribution in [1.82, 2.24) is 9.97 Å². The molecule has 0 radical (unpaired) electrons. The molecule has 0 saturated carbocycles. The summed E-state index contributed by atoms with van der Waals surface area (Å²) >= 11 is 0. The van der Waals surface area contributed by atoms with Crippen LogP contribution < -0.4 is 0 Å². The van der Waals surface area contributed by atoms with Crippen molar-refractivity contribution in [3.05, 3.63) is 96.1 Å². The third kappa shape index (κ3) is 5.30. The van der Waals surface area contributed by atoms with Crippen LogP contribution >= 0.6 is 0 Å². The third-order valence-corrected chi connectivity index (χ3v) is 3.51. The highest BCUT2D eigenvalue weighted by Crippen LogP contribution is 2.23. The molecule has 1 aromatic heterocycles. The summed E-state index contributed by atoms with van der Waals surface area (Å²) in [5.74, 6) is 0. The van der Waals surface area contributed by atoms with Gasteiger partial charge in [0.05, 0.1) is 6.33 Å². The fourth-order valence-corrected chi connectivity index (χ4v) is 2.32. The van der Waals surface area contributed by atoms with Crippen molar-refractivity contribution in [3.8, 4) is 0 Å². The molecule has 0 aliphatic rings. The number of allylic oxidation sites excluding steroid dienone is 1. The molecule has 0 unspecified atom stereocenters. The van der Waals surface area contributed by atoms with E-state index >= 15 is 0 Å². The first kappa shape index (κ1) is 16.8. The van der Waals surface area contributed by atoms with Crippen LogP contribution in [0.25, 0.3) is 5.57 Å². The molecule has 0 aliphatic carbocycles. The van der Waals surface area contributed by atoms with Crippen LogP contribution in [-0.2, 0) is 6.42 Å². The molecule has 0 amide bonds. The molecule has 0 saturated heterocycles. The maximum absolute atomic E-state index is 3.84. The van der Waals surface area contributed by atoms with E-state index < -0.39 is 0 Å². The summed E-state index contributed by atoms with van der Waals surface area (Å²) in [6, 6.07) is 21.1. The van der Waals surface area contributed by atoms with Crippen LogP contribution in [-0.4, -0.2) is 17.8 Å². The summed E-state index contributed by atoms with van der Waals surface area (Å²) in [5.41, 5.74) is 5.09. The standard InChI is InChI=1S/C15H15B.C5H8N2/c16-12-11-15(13-7-3-1-4-8-13)14-9-5-2-6-10-14;1-2-5-3-6-4-7-5/h1-11H,12,16H2;3-4H,2H2,1H3,(H,6,7).